The van der Waals surface area contributed by atoms with Crippen molar-refractivity contribution in [3.05, 3.63) is 66.7 Å². The molecule has 0 fully saturated rings. The van der Waals surface area contributed by atoms with Crippen LogP contribution in [0.2, 0.25) is 5.02 Å². The average molecular weight is 403 g/mol. The molecular formula is C13H8ClIN2O3. The fraction of sp³-hybridized carbons (Fsp3) is 0. The molecule has 0 aromatic heterocycles. The summed E-state index contributed by atoms with van der Waals surface area (Å²) in [5, 5.41) is 13.9. The maximum absolute atomic E-state index is 12.0. The fourth-order valence-electron chi connectivity index (χ4n) is 1.51. The first-order chi connectivity index (χ1) is 9.47. The predicted octanol–water partition coefficient (Wildman–Crippen LogP) is 4.11. The number of rotatable bonds is 3. The minimum Gasteiger partial charge on any atom is -0.321 e. The fourth-order valence-corrected chi connectivity index (χ4v) is 2.27. The van der Waals surface area contributed by atoms with E-state index in [0.717, 1.165) is 0 Å². The van der Waals surface area contributed by atoms with Crippen molar-refractivity contribution in [1.29, 1.82) is 0 Å². The first kappa shape index (κ1) is 14.7. The van der Waals surface area contributed by atoms with Crippen molar-refractivity contribution in [2.75, 3.05) is 5.32 Å². The Morgan fingerprint density at radius 2 is 1.85 bits per heavy atom. The second kappa shape index (κ2) is 6.19. The summed E-state index contributed by atoms with van der Waals surface area (Å²) in [5.41, 5.74) is 0.971. The molecule has 1 N–H and O–H groups in total. The zero-order valence-corrected chi connectivity index (χ0v) is 12.9. The molecule has 1 amide bonds. The van der Waals surface area contributed by atoms with E-state index in [2.05, 4.69) is 5.32 Å². The molecular weight excluding hydrogens is 395 g/mol. The number of nitrogens with zero attached hydrogens (tertiary/aromatic N) is 1. The van der Waals surface area contributed by atoms with Gasteiger partial charge in [-0.25, -0.2) is 0 Å². The van der Waals surface area contributed by atoms with Crippen molar-refractivity contribution in [2.24, 2.45) is 0 Å². The van der Waals surface area contributed by atoms with Crippen LogP contribution in [0.25, 0.3) is 0 Å². The van der Waals surface area contributed by atoms with Crippen molar-refractivity contribution >= 4 is 51.5 Å². The highest BCUT2D eigenvalue weighted by atomic mass is 127. The third-order valence-corrected chi connectivity index (χ3v) is 3.66. The lowest BCUT2D eigenvalue weighted by Gasteiger charge is -2.07. The summed E-state index contributed by atoms with van der Waals surface area (Å²) in [5.74, 6) is -0.298. The number of hydrogen-bond acceptors (Lipinski definition) is 3. The van der Waals surface area contributed by atoms with E-state index in [4.69, 9.17) is 11.6 Å². The summed E-state index contributed by atoms with van der Waals surface area (Å²) in [6.45, 7) is 0. The number of amides is 1. The van der Waals surface area contributed by atoms with Gasteiger partial charge in [-0.1, -0.05) is 11.6 Å². The molecule has 2 aromatic carbocycles. The van der Waals surface area contributed by atoms with Crippen LogP contribution in [0.15, 0.2) is 42.5 Å². The van der Waals surface area contributed by atoms with Crippen LogP contribution < -0.4 is 5.32 Å². The topological polar surface area (TPSA) is 72.2 Å². The van der Waals surface area contributed by atoms with Gasteiger partial charge in [-0.15, -0.1) is 0 Å². The van der Waals surface area contributed by atoms with Crippen LogP contribution in [-0.2, 0) is 0 Å². The summed E-state index contributed by atoms with van der Waals surface area (Å²) in [4.78, 5) is 22.2. The van der Waals surface area contributed by atoms with Crippen molar-refractivity contribution < 1.29 is 9.72 Å². The number of nitro benzene ring substituents is 1. The molecule has 0 saturated heterocycles. The Morgan fingerprint density at radius 1 is 1.20 bits per heavy atom. The van der Waals surface area contributed by atoms with Crippen molar-refractivity contribution in [2.45, 2.75) is 0 Å². The molecule has 0 aliphatic rings. The Bertz CT molecular complexity index is 674. The van der Waals surface area contributed by atoms with E-state index in [1.807, 2.05) is 22.6 Å². The molecule has 20 heavy (non-hydrogen) atoms. The predicted molar refractivity (Wildman–Crippen MR) is 85.2 cm³/mol. The summed E-state index contributed by atoms with van der Waals surface area (Å²) in [6.07, 6.45) is 0. The van der Waals surface area contributed by atoms with E-state index in [9.17, 15) is 14.9 Å². The third kappa shape index (κ3) is 3.45. The van der Waals surface area contributed by atoms with Crippen LogP contribution in [0.1, 0.15) is 10.4 Å². The Balaban J connectivity index is 2.19. The number of non-ortho nitro benzene ring substituents is 1. The lowest BCUT2D eigenvalue weighted by atomic mass is 10.2. The zero-order valence-electron chi connectivity index (χ0n) is 9.97. The molecule has 2 rings (SSSR count). The molecule has 0 spiro atoms. The van der Waals surface area contributed by atoms with E-state index in [1.54, 1.807) is 24.3 Å². The summed E-state index contributed by atoms with van der Waals surface area (Å²) in [7, 11) is 0. The van der Waals surface area contributed by atoms with Gasteiger partial charge in [0.05, 0.1) is 10.6 Å². The van der Waals surface area contributed by atoms with E-state index in [1.165, 1.54) is 18.2 Å². The van der Waals surface area contributed by atoms with Gasteiger partial charge in [-0.3, -0.25) is 14.9 Å². The van der Waals surface area contributed by atoms with E-state index >= 15 is 0 Å². The van der Waals surface area contributed by atoms with Crippen LogP contribution in [0.3, 0.4) is 0 Å². The number of carbonyl (C=O) groups excluding carboxylic acids is 1. The molecule has 102 valence electrons. The average Bonchev–Trinajstić information content (AvgIpc) is 2.41. The largest absolute Gasteiger partial charge is 0.321 e. The standard InChI is InChI=1S/C13H8ClIN2O3/c14-9-3-1-8(2-4-9)13(18)16-12-6-5-10(17(19)20)7-11(12)15/h1-7H,(H,16,18). The molecule has 0 aliphatic carbocycles. The van der Waals surface area contributed by atoms with Crippen LogP contribution in [0, 0.1) is 13.7 Å². The number of nitrogens with one attached hydrogen (secondary N) is 1. The van der Waals surface area contributed by atoms with Crippen molar-refractivity contribution in [3.63, 3.8) is 0 Å². The van der Waals surface area contributed by atoms with Crippen LogP contribution >= 0.6 is 34.2 Å². The molecule has 0 heterocycles. The molecule has 0 atom stereocenters. The number of carbonyl (C=O) groups is 1. The van der Waals surface area contributed by atoms with Gasteiger partial charge in [-0.05, 0) is 52.9 Å². The molecule has 0 saturated carbocycles. The van der Waals surface area contributed by atoms with Crippen LogP contribution in [0.4, 0.5) is 11.4 Å². The summed E-state index contributed by atoms with van der Waals surface area (Å²) in [6, 6.07) is 10.7. The van der Waals surface area contributed by atoms with Gasteiger partial charge < -0.3 is 5.32 Å². The molecule has 0 aliphatic heterocycles. The second-order valence-electron chi connectivity index (χ2n) is 3.88. The zero-order chi connectivity index (χ0) is 14.7. The molecule has 0 bridgehead atoms. The Hall–Kier alpha value is -1.67. The highest BCUT2D eigenvalue weighted by molar-refractivity contribution is 14.1. The third-order valence-electron chi connectivity index (χ3n) is 2.52. The maximum atomic E-state index is 12.0. The number of anilines is 1. The Morgan fingerprint density at radius 3 is 2.40 bits per heavy atom. The Kier molecular flexibility index (Phi) is 4.56. The number of halogens is 2. The molecule has 2 aromatic rings. The molecule has 0 radical (unpaired) electrons. The summed E-state index contributed by atoms with van der Waals surface area (Å²) < 4.78 is 0.596. The monoisotopic (exact) mass is 402 g/mol. The highest BCUT2D eigenvalue weighted by Gasteiger charge is 2.12. The second-order valence-corrected chi connectivity index (χ2v) is 5.48. The quantitative estimate of drug-likeness (QED) is 0.477. The molecule has 0 unspecified atom stereocenters. The van der Waals surface area contributed by atoms with Crippen LogP contribution in [0.5, 0.6) is 0 Å². The van der Waals surface area contributed by atoms with Gasteiger partial charge >= 0.3 is 0 Å². The Labute approximate surface area is 133 Å². The van der Waals surface area contributed by atoms with Gasteiger partial charge in [-0.2, -0.15) is 0 Å². The van der Waals surface area contributed by atoms with E-state index in [0.29, 0.717) is 19.8 Å². The first-order valence-electron chi connectivity index (χ1n) is 5.48. The van der Waals surface area contributed by atoms with Gasteiger partial charge in [0.1, 0.15) is 0 Å². The van der Waals surface area contributed by atoms with Gasteiger partial charge in [0, 0.05) is 26.3 Å². The lowest BCUT2D eigenvalue weighted by Crippen LogP contribution is -2.12. The normalized spacial score (nSPS) is 10.1. The smallest absolute Gasteiger partial charge is 0.270 e. The summed E-state index contributed by atoms with van der Waals surface area (Å²) >= 11 is 7.69. The number of hydrogen-bond donors (Lipinski definition) is 1. The van der Waals surface area contributed by atoms with Crippen molar-refractivity contribution in [3.8, 4) is 0 Å². The van der Waals surface area contributed by atoms with E-state index in [-0.39, 0.29) is 11.6 Å². The SMILES string of the molecule is O=C(Nc1ccc([N+](=O)[O-])cc1I)c1ccc(Cl)cc1. The van der Waals surface area contributed by atoms with Gasteiger partial charge in [0.2, 0.25) is 0 Å². The number of nitro groups is 1. The van der Waals surface area contributed by atoms with Crippen molar-refractivity contribution in [1.82, 2.24) is 0 Å². The van der Waals surface area contributed by atoms with Gasteiger partial charge in [0.25, 0.3) is 11.6 Å². The van der Waals surface area contributed by atoms with E-state index < -0.39 is 4.92 Å². The first-order valence-corrected chi connectivity index (χ1v) is 6.94. The molecule has 7 heteroatoms. The van der Waals surface area contributed by atoms with Gasteiger partial charge in [0.15, 0.2) is 0 Å². The lowest BCUT2D eigenvalue weighted by molar-refractivity contribution is -0.384. The van der Waals surface area contributed by atoms with Crippen LogP contribution in [-0.4, -0.2) is 10.8 Å². The highest BCUT2D eigenvalue weighted by Crippen LogP contribution is 2.24. The maximum Gasteiger partial charge on any atom is 0.270 e. The minimum atomic E-state index is -0.479. The molecule has 5 nitrogen and oxygen atoms in total. The minimum absolute atomic E-state index is 0.0149. The number of benzene rings is 2.